The van der Waals surface area contributed by atoms with Crippen molar-refractivity contribution >= 4 is 57.7 Å². The van der Waals surface area contributed by atoms with E-state index in [2.05, 4.69) is 34.9 Å². The number of nitrogens with zero attached hydrogens (tertiary/aromatic N) is 7. The summed E-state index contributed by atoms with van der Waals surface area (Å²) in [7, 11) is 1.59. The lowest BCUT2D eigenvalue weighted by molar-refractivity contribution is -0.130. The summed E-state index contributed by atoms with van der Waals surface area (Å²) >= 11 is 0. The standard InChI is InChI=1S/C36H37FN10O3/c1-50-30-7-3-2-6-24(30)26-19-25(23-5-4-14-47(21-23)32(48)10-11-39-12-13-42-38)33(37)34-27(26)20-29(43-34)36(49)46-17-15-45(16-18-46)31-9-8-28-35(44-31)41-22-40-28/h2-3,5-9,12-13,19-20,22,43H,4,10-11,14-18,21,38H2,1H3,(H,40,41,44)/b39-12?,42-13-. The van der Waals surface area contributed by atoms with E-state index >= 15 is 4.39 Å². The number of aromatic amines is 2. The molecule has 7 rings (SSSR count). The highest BCUT2D eigenvalue weighted by molar-refractivity contribution is 6.15. The number of anilines is 1. The van der Waals surface area contributed by atoms with Gasteiger partial charge in [-0.1, -0.05) is 24.3 Å². The van der Waals surface area contributed by atoms with Crippen molar-refractivity contribution in [1.29, 1.82) is 0 Å². The van der Waals surface area contributed by atoms with Crippen LogP contribution in [0.1, 0.15) is 28.9 Å². The van der Waals surface area contributed by atoms with Crippen molar-refractivity contribution in [2.45, 2.75) is 12.8 Å². The average Bonchev–Trinajstić information content (AvgIpc) is 3.83. The number of methoxy groups -OCH3 is 1. The molecule has 2 aromatic carbocycles. The number of carbonyl (C=O) groups is 2. The van der Waals surface area contributed by atoms with E-state index in [0.29, 0.717) is 84.9 Å². The Morgan fingerprint density at radius 1 is 1.02 bits per heavy atom. The molecule has 5 heterocycles. The van der Waals surface area contributed by atoms with Crippen molar-refractivity contribution in [1.82, 2.24) is 29.7 Å². The fourth-order valence-electron chi connectivity index (χ4n) is 6.63. The number of fused-ring (bicyclic) bond motifs is 2. The number of amides is 2. The second kappa shape index (κ2) is 14.2. The Morgan fingerprint density at radius 2 is 1.86 bits per heavy atom. The number of ether oxygens (including phenoxy) is 1. The van der Waals surface area contributed by atoms with Crippen LogP contribution in [-0.2, 0) is 4.79 Å². The van der Waals surface area contributed by atoms with E-state index in [-0.39, 0.29) is 30.3 Å². The molecule has 14 heteroatoms. The zero-order valence-corrected chi connectivity index (χ0v) is 27.6. The third-order valence-corrected chi connectivity index (χ3v) is 9.20. The molecule has 0 unspecified atom stereocenters. The number of halogens is 1. The topological polar surface area (TPSA) is 161 Å². The van der Waals surface area contributed by atoms with E-state index in [1.165, 1.54) is 12.4 Å². The van der Waals surface area contributed by atoms with E-state index < -0.39 is 5.82 Å². The first-order valence-electron chi connectivity index (χ1n) is 16.5. The van der Waals surface area contributed by atoms with Crippen molar-refractivity contribution in [2.24, 2.45) is 15.9 Å². The van der Waals surface area contributed by atoms with E-state index in [0.717, 1.165) is 16.9 Å². The minimum atomic E-state index is -0.478. The predicted molar refractivity (Wildman–Crippen MR) is 192 cm³/mol. The summed E-state index contributed by atoms with van der Waals surface area (Å²) in [4.78, 5) is 51.8. The summed E-state index contributed by atoms with van der Waals surface area (Å²) in [5.41, 5.74) is 4.57. The molecule has 3 aromatic heterocycles. The quantitative estimate of drug-likeness (QED) is 0.120. The zero-order valence-electron chi connectivity index (χ0n) is 27.6. The molecule has 2 aliphatic heterocycles. The number of nitrogens with two attached hydrogens (primary N) is 1. The van der Waals surface area contributed by atoms with Gasteiger partial charge in [0.2, 0.25) is 5.91 Å². The summed E-state index contributed by atoms with van der Waals surface area (Å²) in [5, 5.41) is 3.93. The smallest absolute Gasteiger partial charge is 0.270 e. The van der Waals surface area contributed by atoms with Crippen LogP contribution < -0.4 is 15.5 Å². The van der Waals surface area contributed by atoms with Crippen molar-refractivity contribution in [2.75, 3.05) is 57.8 Å². The number of nitrogens with one attached hydrogen (secondary N) is 2. The van der Waals surface area contributed by atoms with Gasteiger partial charge in [-0.05, 0) is 47.9 Å². The Balaban J connectivity index is 1.17. The number of hydrogen-bond donors (Lipinski definition) is 3. The Kier molecular flexibility index (Phi) is 9.23. The number of carbonyl (C=O) groups excluding carboxylic acids is 2. The van der Waals surface area contributed by atoms with Gasteiger partial charge < -0.3 is 35.2 Å². The second-order valence-corrected chi connectivity index (χ2v) is 12.1. The molecule has 1 fully saturated rings. The predicted octanol–water partition coefficient (Wildman–Crippen LogP) is 4.24. The number of H-pyrrole nitrogens is 2. The van der Waals surface area contributed by atoms with Crippen molar-refractivity contribution < 1.29 is 18.7 Å². The normalized spacial score (nSPS) is 15.5. The number of piperazine rings is 1. The molecule has 0 saturated carbocycles. The van der Waals surface area contributed by atoms with Gasteiger partial charge in [-0.2, -0.15) is 5.10 Å². The molecular formula is C36H37FN10O3. The Hall–Kier alpha value is -6.05. The van der Waals surface area contributed by atoms with Crippen LogP contribution in [-0.4, -0.2) is 107 Å². The zero-order chi connectivity index (χ0) is 34.6. The number of aliphatic imine (C=N–C) groups is 1. The summed E-state index contributed by atoms with van der Waals surface area (Å²) in [5.74, 6) is 5.75. The Labute approximate surface area is 287 Å². The summed E-state index contributed by atoms with van der Waals surface area (Å²) in [6.45, 7) is 3.22. The number of rotatable bonds is 9. The van der Waals surface area contributed by atoms with Gasteiger partial charge in [-0.3, -0.25) is 14.6 Å². The summed E-state index contributed by atoms with van der Waals surface area (Å²) < 4.78 is 22.3. The lowest BCUT2D eigenvalue weighted by Gasteiger charge is -2.35. The van der Waals surface area contributed by atoms with E-state index in [1.54, 1.807) is 35.4 Å². The van der Waals surface area contributed by atoms with Gasteiger partial charge in [0.1, 0.15) is 17.3 Å². The average molecular weight is 677 g/mol. The van der Waals surface area contributed by atoms with E-state index in [4.69, 9.17) is 10.6 Å². The van der Waals surface area contributed by atoms with Gasteiger partial charge >= 0.3 is 0 Å². The van der Waals surface area contributed by atoms with Gasteiger partial charge in [0.05, 0.1) is 30.7 Å². The molecule has 4 N–H and O–H groups in total. The summed E-state index contributed by atoms with van der Waals surface area (Å²) in [6, 6.07) is 15.0. The van der Waals surface area contributed by atoms with Gasteiger partial charge in [0.25, 0.3) is 5.91 Å². The maximum atomic E-state index is 16.6. The molecule has 0 spiro atoms. The minimum absolute atomic E-state index is 0.0748. The number of pyridine rings is 1. The van der Waals surface area contributed by atoms with Crippen LogP contribution >= 0.6 is 0 Å². The van der Waals surface area contributed by atoms with Crippen LogP contribution in [0.2, 0.25) is 0 Å². The third-order valence-electron chi connectivity index (χ3n) is 9.20. The number of hydrogen-bond acceptors (Lipinski definition) is 9. The lowest BCUT2D eigenvalue weighted by atomic mass is 9.93. The monoisotopic (exact) mass is 676 g/mol. The first kappa shape index (κ1) is 32.5. The summed E-state index contributed by atoms with van der Waals surface area (Å²) in [6.07, 6.45) is 7.19. The highest BCUT2D eigenvalue weighted by atomic mass is 19.1. The maximum Gasteiger partial charge on any atom is 0.270 e. The highest BCUT2D eigenvalue weighted by Crippen LogP contribution is 2.40. The van der Waals surface area contributed by atoms with Gasteiger partial charge in [-0.25, -0.2) is 14.4 Å². The molecule has 0 aliphatic carbocycles. The minimum Gasteiger partial charge on any atom is -0.496 e. The van der Waals surface area contributed by atoms with Gasteiger partial charge in [0.15, 0.2) is 11.5 Å². The molecule has 13 nitrogen and oxygen atoms in total. The van der Waals surface area contributed by atoms with Crippen LogP contribution in [0.3, 0.4) is 0 Å². The fourth-order valence-corrected chi connectivity index (χ4v) is 6.63. The van der Waals surface area contributed by atoms with Gasteiger partial charge in [0, 0.05) is 75.0 Å². The Morgan fingerprint density at radius 3 is 2.68 bits per heavy atom. The molecule has 50 heavy (non-hydrogen) atoms. The molecule has 1 saturated heterocycles. The first-order valence-corrected chi connectivity index (χ1v) is 16.5. The second-order valence-electron chi connectivity index (χ2n) is 12.1. The SMILES string of the molecule is COc1ccccc1-c1cc(C2=CCCN(C(=O)CCN=C/C=N\N)C2)c(F)c2[nH]c(C(=O)N3CCN(c4ccc5[nH]cnc5n4)CC3)cc12. The van der Waals surface area contributed by atoms with E-state index in [1.807, 2.05) is 42.5 Å². The van der Waals surface area contributed by atoms with Gasteiger partial charge in [-0.15, -0.1) is 0 Å². The van der Waals surface area contributed by atoms with Crippen LogP contribution in [0.5, 0.6) is 5.75 Å². The number of imidazole rings is 1. The van der Waals surface area contributed by atoms with Crippen LogP contribution in [0.4, 0.5) is 10.2 Å². The largest absolute Gasteiger partial charge is 0.496 e. The molecule has 0 bridgehead atoms. The first-order chi connectivity index (χ1) is 24.4. The molecule has 256 valence electrons. The van der Waals surface area contributed by atoms with Crippen molar-refractivity contribution in [3.05, 3.63) is 78.0 Å². The number of aromatic nitrogens is 4. The molecule has 2 amide bonds. The molecule has 2 aliphatic rings. The molecular weight excluding hydrogens is 639 g/mol. The van der Waals surface area contributed by atoms with E-state index in [9.17, 15) is 9.59 Å². The molecule has 0 atom stereocenters. The lowest BCUT2D eigenvalue weighted by Crippen LogP contribution is -2.49. The maximum absolute atomic E-state index is 16.6. The number of para-hydroxylation sites is 1. The van der Waals surface area contributed by atoms with Crippen LogP contribution in [0, 0.1) is 5.82 Å². The van der Waals surface area contributed by atoms with Crippen molar-refractivity contribution in [3.63, 3.8) is 0 Å². The third kappa shape index (κ3) is 6.39. The molecule has 5 aromatic rings. The van der Waals surface area contributed by atoms with Crippen molar-refractivity contribution in [3.8, 4) is 16.9 Å². The molecule has 0 radical (unpaired) electrons. The fraction of sp³-hybridized carbons (Fsp3) is 0.278. The number of benzene rings is 2. The highest BCUT2D eigenvalue weighted by Gasteiger charge is 2.28. The Bertz CT molecular complexity index is 2140. The van der Waals surface area contributed by atoms with Crippen LogP contribution in [0.15, 0.2) is 71.0 Å². The number of hydrazone groups is 1. The van der Waals surface area contributed by atoms with Crippen LogP contribution in [0.25, 0.3) is 38.8 Å².